The first kappa shape index (κ1) is 64.8. The van der Waals surface area contributed by atoms with Crippen LogP contribution in [-0.2, 0) is 23.5 Å². The Morgan fingerprint density at radius 2 is 1.09 bits per heavy atom. The molecule has 6 atom stereocenters. The van der Waals surface area contributed by atoms with Crippen LogP contribution in [0.4, 0.5) is 38.5 Å². The number of nitrogens with one attached hydrogen (secondary N) is 1. The number of rotatable bonds is 20. The lowest BCUT2D eigenvalue weighted by Gasteiger charge is -2.34. The molecule has 88 heavy (non-hydrogen) atoms. The van der Waals surface area contributed by atoms with E-state index in [2.05, 4.69) is 30.0 Å². The third-order valence-electron chi connectivity index (χ3n) is 14.6. The van der Waals surface area contributed by atoms with Gasteiger partial charge in [-0.15, -0.1) is 0 Å². The molecule has 8 aromatic carbocycles. The van der Waals surface area contributed by atoms with Crippen LogP contribution in [0.5, 0.6) is 5.75 Å². The Balaban J connectivity index is 0.000000198. The molecule has 0 aliphatic carbocycles. The fourth-order valence-corrected chi connectivity index (χ4v) is 11.2. The summed E-state index contributed by atoms with van der Waals surface area (Å²) in [5.41, 5.74) is 7.14. The maximum atomic E-state index is 14.8. The minimum Gasteiger partial charge on any atom is -0.508 e. The number of aliphatic hydroxyl groups is 1. The minimum atomic E-state index is -2.09. The van der Waals surface area contributed by atoms with Gasteiger partial charge in [-0.3, -0.25) is 14.6 Å². The molecule has 3 N–H and O–H groups in total. The number of nitrogens with zero attached hydrogens (tertiary/aromatic N) is 3. The number of anilines is 1. The van der Waals surface area contributed by atoms with Crippen molar-refractivity contribution < 1.29 is 60.9 Å². The number of aliphatic hydroxyl groups excluding tert-OH is 1. The molecule has 8 aromatic rings. The van der Waals surface area contributed by atoms with Gasteiger partial charge in [0.25, 0.3) is 0 Å². The molecule has 18 heteroatoms. The van der Waals surface area contributed by atoms with Crippen molar-refractivity contribution in [1.29, 1.82) is 0 Å². The van der Waals surface area contributed by atoms with Gasteiger partial charge in [-0.2, -0.15) is 0 Å². The highest BCUT2D eigenvalue weighted by molar-refractivity contribution is 6.69. The van der Waals surface area contributed by atoms with Crippen molar-refractivity contribution in [3.63, 3.8) is 0 Å². The molecule has 13 nitrogen and oxygen atoms in total. The number of imide groups is 2. The van der Waals surface area contributed by atoms with Crippen LogP contribution in [0.2, 0.25) is 19.6 Å². The highest BCUT2D eigenvalue weighted by atomic mass is 28.4. The summed E-state index contributed by atoms with van der Waals surface area (Å²) in [5, 5.41) is 22.7. The summed E-state index contributed by atoms with van der Waals surface area (Å²) in [6, 6.07) is 55.4. The van der Waals surface area contributed by atoms with Crippen LogP contribution in [0, 0.1) is 36.1 Å². The van der Waals surface area contributed by atoms with Gasteiger partial charge in [0.2, 0.25) is 11.8 Å². The van der Waals surface area contributed by atoms with Crippen LogP contribution >= 0.6 is 0 Å². The molecule has 0 radical (unpaired) electrons. The predicted molar refractivity (Wildman–Crippen MR) is 332 cm³/mol. The maximum Gasteiger partial charge on any atom is 0.417 e. The molecule has 0 saturated carbocycles. The number of aromatic hydroxyl groups is 1. The molecule has 0 aromatic heterocycles. The van der Waals surface area contributed by atoms with Gasteiger partial charge in [-0.25, -0.2) is 37.0 Å². The Morgan fingerprint density at radius 3 is 1.62 bits per heavy atom. The summed E-state index contributed by atoms with van der Waals surface area (Å²) in [6.45, 7) is 8.44. The Kier molecular flexibility index (Phi) is 22.7. The van der Waals surface area contributed by atoms with Crippen molar-refractivity contribution in [2.75, 3.05) is 18.5 Å². The van der Waals surface area contributed by atoms with E-state index in [0.29, 0.717) is 42.6 Å². The number of carbonyl (C=O) groups is 4. The van der Waals surface area contributed by atoms with E-state index < -0.39 is 56.8 Å². The Labute approximate surface area is 511 Å². The number of phenolic OH excluding ortho intramolecular Hbond substituents is 1. The Bertz CT molecular complexity index is 3520. The van der Waals surface area contributed by atoms with Crippen molar-refractivity contribution in [3.05, 3.63) is 268 Å². The number of amides is 4. The lowest BCUT2D eigenvalue weighted by molar-refractivity contribution is -0.134. The molecule has 2 aliphatic rings. The third-order valence-corrected chi connectivity index (χ3v) is 15.6. The van der Waals surface area contributed by atoms with Crippen LogP contribution < -0.4 is 5.32 Å². The lowest BCUT2D eigenvalue weighted by Crippen LogP contribution is -2.42. The first-order valence-corrected chi connectivity index (χ1v) is 32.3. The van der Waals surface area contributed by atoms with Crippen LogP contribution in [0.15, 0.2) is 211 Å². The van der Waals surface area contributed by atoms with Crippen LogP contribution in [0.1, 0.15) is 101 Å². The number of hydrogen-bond donors (Lipinski definition) is 3. The van der Waals surface area contributed by atoms with Crippen LogP contribution in [0.3, 0.4) is 0 Å². The molecular formula is C70H70F4N4O9Si. The number of ether oxygens (including phenoxy) is 2. The van der Waals surface area contributed by atoms with Gasteiger partial charge in [-0.05, 0) is 183 Å². The first-order valence-electron chi connectivity index (χ1n) is 28.9. The number of halogens is 4. The fraction of sp³-hybridized carbons (Fsp3) is 0.243. The number of aryl methyl sites for hydroxylation is 1. The van der Waals surface area contributed by atoms with Gasteiger partial charge in [0, 0.05) is 18.3 Å². The van der Waals surface area contributed by atoms with E-state index in [1.54, 1.807) is 66.9 Å². The van der Waals surface area contributed by atoms with E-state index in [-0.39, 0.29) is 60.5 Å². The quantitative estimate of drug-likeness (QED) is 0.0380. The van der Waals surface area contributed by atoms with Crippen LogP contribution in [-0.4, -0.2) is 71.8 Å². The van der Waals surface area contributed by atoms with E-state index in [0.717, 1.165) is 38.3 Å². The molecule has 456 valence electrons. The van der Waals surface area contributed by atoms with Gasteiger partial charge < -0.3 is 29.4 Å². The SMILES string of the molecule is Cc1ccc([C@H](Nc2ccc(F)cc2)[C@@H](CC[C@H](O[Si](C)(C)C)c2ccc(F)cc2)C(=O)N2C(=O)OC[C@@H]2c2ccccc2)cc1.O=C(CCC[C@H](O)c1ccc(F)cc1)N1C(=O)OC[C@@H]1c1ccccc1.Oc1ccc(C=Nc2ccc(F)cc2)cc1. The molecule has 0 unspecified atom stereocenters. The highest BCUT2D eigenvalue weighted by Crippen LogP contribution is 2.39. The second kappa shape index (κ2) is 30.9. The summed E-state index contributed by atoms with van der Waals surface area (Å²) >= 11 is 0. The van der Waals surface area contributed by atoms with Crippen molar-refractivity contribution in [3.8, 4) is 5.75 Å². The van der Waals surface area contributed by atoms with Gasteiger partial charge in [-0.1, -0.05) is 115 Å². The van der Waals surface area contributed by atoms with Crippen molar-refractivity contribution in [1.82, 2.24) is 9.80 Å². The summed E-state index contributed by atoms with van der Waals surface area (Å²) in [7, 11) is -2.09. The smallest absolute Gasteiger partial charge is 0.417 e. The highest BCUT2D eigenvalue weighted by Gasteiger charge is 2.45. The summed E-state index contributed by atoms with van der Waals surface area (Å²) < 4.78 is 70.4. The molecule has 0 bridgehead atoms. The molecule has 2 aliphatic heterocycles. The Morgan fingerprint density at radius 1 is 0.614 bits per heavy atom. The van der Waals surface area contributed by atoms with E-state index in [1.165, 1.54) is 65.6 Å². The minimum absolute atomic E-state index is 0.0544. The van der Waals surface area contributed by atoms with Gasteiger partial charge >= 0.3 is 12.2 Å². The first-order chi connectivity index (χ1) is 42.3. The monoisotopic (exact) mass is 1210 g/mol. The Hall–Kier alpha value is -9.23. The lowest BCUT2D eigenvalue weighted by atomic mass is 9.85. The van der Waals surface area contributed by atoms with Crippen molar-refractivity contribution in [2.45, 2.75) is 89.0 Å². The molecule has 2 saturated heterocycles. The standard InChI is InChI=1S/C37H40F2N2O4Si.C20H20FNO4.C13H10FNO/c1-25-10-12-28(13-11-25)35(40-31-20-18-30(39)19-21-31)32(22-23-34(45-46(2,3)4)27-14-16-29(38)17-15-27)36(42)41-33(24-44-37(41)43)26-8-6-5-7-9-26;21-16-11-9-15(10-12-16)18(23)7-4-8-19(24)22-17(13-26-20(22)25)14-5-2-1-3-6-14;14-11-3-5-12(6-4-11)15-9-10-1-7-13(16)8-2-10/h5-21,32-35,40H,22-24H2,1-4H3;1-3,5-6,9-12,17-18,23H,4,7-8,13H2;1-9,16H/t32-,33-,34+,35+;17-,18+;/m11./s1. The molecule has 2 fully saturated rings. The molecular weight excluding hydrogens is 1140 g/mol. The summed E-state index contributed by atoms with van der Waals surface area (Å²) in [4.78, 5) is 59.0. The van der Waals surface area contributed by atoms with E-state index >= 15 is 0 Å². The second-order valence-electron chi connectivity index (χ2n) is 22.3. The molecule has 10 rings (SSSR count). The normalized spacial score (nSPS) is 16.1. The number of phenols is 1. The number of hydrogen-bond acceptors (Lipinski definition) is 11. The van der Waals surface area contributed by atoms with E-state index in [4.69, 9.17) is 19.0 Å². The second-order valence-corrected chi connectivity index (χ2v) is 26.7. The van der Waals surface area contributed by atoms with Gasteiger partial charge in [0.15, 0.2) is 8.32 Å². The number of aliphatic imine (C=N–C) groups is 1. The zero-order valence-corrected chi connectivity index (χ0v) is 50.2. The fourth-order valence-electron chi connectivity index (χ4n) is 10.1. The van der Waals surface area contributed by atoms with Gasteiger partial charge in [0.1, 0.15) is 54.3 Å². The van der Waals surface area contributed by atoms with E-state index in [9.17, 15) is 41.8 Å². The van der Waals surface area contributed by atoms with Crippen molar-refractivity contribution in [2.24, 2.45) is 10.9 Å². The third kappa shape index (κ3) is 18.6. The number of cyclic esters (lactones) is 2. The predicted octanol–water partition coefficient (Wildman–Crippen LogP) is 16.2. The average Bonchev–Trinajstić information content (AvgIpc) is 4.12. The largest absolute Gasteiger partial charge is 0.508 e. The maximum absolute atomic E-state index is 14.8. The zero-order valence-electron chi connectivity index (χ0n) is 49.2. The topological polar surface area (TPSA) is 167 Å². The summed E-state index contributed by atoms with van der Waals surface area (Å²) in [5.74, 6) is -2.61. The van der Waals surface area contributed by atoms with Crippen molar-refractivity contribution >= 4 is 49.9 Å². The summed E-state index contributed by atoms with van der Waals surface area (Å²) in [6.07, 6.45) is 0.774. The number of benzene rings is 8. The van der Waals surface area contributed by atoms with Gasteiger partial charge in [0.05, 0.1) is 29.9 Å². The van der Waals surface area contributed by atoms with Crippen LogP contribution in [0.25, 0.3) is 0 Å². The van der Waals surface area contributed by atoms with E-state index in [1.807, 2.05) is 91.9 Å². The molecule has 0 spiro atoms. The molecule has 2 heterocycles. The average molecular weight is 1220 g/mol. The molecule has 4 amide bonds. The number of carbonyl (C=O) groups excluding carboxylic acids is 4. The zero-order chi connectivity index (χ0) is 62.7.